The van der Waals surface area contributed by atoms with Crippen molar-refractivity contribution in [2.75, 3.05) is 13.2 Å². The minimum absolute atomic E-state index is 0.271. The van der Waals surface area contributed by atoms with Gasteiger partial charge >= 0.3 is 5.97 Å². The summed E-state index contributed by atoms with van der Waals surface area (Å²) in [7, 11) is 0. The van der Waals surface area contributed by atoms with Gasteiger partial charge in [0.05, 0.1) is 6.61 Å². The molecule has 1 aromatic carbocycles. The number of aryl methyl sites for hydroxylation is 1. The molecule has 1 aromatic rings. The third-order valence-electron chi connectivity index (χ3n) is 2.69. The summed E-state index contributed by atoms with van der Waals surface area (Å²) in [6.07, 6.45) is 2.00. The Balaban J connectivity index is 2.16. The Labute approximate surface area is 114 Å². The normalized spacial score (nSPS) is 12.1. The summed E-state index contributed by atoms with van der Waals surface area (Å²) in [5.41, 5.74) is 1.14. The molecule has 0 aliphatic rings. The first-order valence-electron chi connectivity index (χ1n) is 6.69. The van der Waals surface area contributed by atoms with E-state index in [-0.39, 0.29) is 11.7 Å². The summed E-state index contributed by atoms with van der Waals surface area (Å²) in [4.78, 5) is 11.4. The molecule has 0 spiro atoms. The minimum atomic E-state index is -0.508. The molecule has 1 rings (SSSR count). The summed E-state index contributed by atoms with van der Waals surface area (Å²) >= 11 is 0. The van der Waals surface area contributed by atoms with E-state index in [9.17, 15) is 4.79 Å². The first-order valence-corrected chi connectivity index (χ1v) is 6.69. The molecule has 0 fully saturated rings. The number of phenols is 1. The molecule has 0 unspecified atom stereocenters. The van der Waals surface area contributed by atoms with E-state index < -0.39 is 6.10 Å². The number of benzene rings is 1. The van der Waals surface area contributed by atoms with Gasteiger partial charge in [0.2, 0.25) is 0 Å². The standard InChI is InChI=1S/C15H22O4/c1-3-10-19-15(17)12(2)18-11-4-5-13-6-8-14(16)9-7-13/h6-9,12,16H,3-5,10-11H2,1-2H3/t12-/m0/s1. The highest BCUT2D eigenvalue weighted by Crippen LogP contribution is 2.11. The van der Waals surface area contributed by atoms with Crippen LogP contribution in [0.25, 0.3) is 0 Å². The van der Waals surface area contributed by atoms with Crippen LogP contribution in [0.5, 0.6) is 5.75 Å². The molecular formula is C15H22O4. The maximum Gasteiger partial charge on any atom is 0.334 e. The van der Waals surface area contributed by atoms with Crippen molar-refractivity contribution >= 4 is 5.97 Å². The largest absolute Gasteiger partial charge is 0.508 e. The van der Waals surface area contributed by atoms with Gasteiger partial charge in [-0.05, 0) is 43.9 Å². The van der Waals surface area contributed by atoms with E-state index in [0.29, 0.717) is 13.2 Å². The number of phenolic OH excluding ortho intramolecular Hbond substituents is 1. The van der Waals surface area contributed by atoms with Crippen LogP contribution in [0.3, 0.4) is 0 Å². The molecule has 0 bridgehead atoms. The van der Waals surface area contributed by atoms with E-state index in [4.69, 9.17) is 14.6 Å². The summed E-state index contributed by atoms with van der Waals surface area (Å²) < 4.78 is 10.4. The number of aromatic hydroxyl groups is 1. The van der Waals surface area contributed by atoms with Crippen LogP contribution >= 0.6 is 0 Å². The van der Waals surface area contributed by atoms with Gasteiger partial charge < -0.3 is 14.6 Å². The molecule has 19 heavy (non-hydrogen) atoms. The van der Waals surface area contributed by atoms with Gasteiger partial charge in [0, 0.05) is 6.61 Å². The summed E-state index contributed by atoms with van der Waals surface area (Å²) in [6, 6.07) is 7.10. The second kappa shape index (κ2) is 8.53. The molecule has 0 saturated heterocycles. The second-order valence-electron chi connectivity index (χ2n) is 4.45. The van der Waals surface area contributed by atoms with Gasteiger partial charge in [-0.3, -0.25) is 0 Å². The monoisotopic (exact) mass is 266 g/mol. The van der Waals surface area contributed by atoms with Crippen molar-refractivity contribution in [3.63, 3.8) is 0 Å². The average Bonchev–Trinajstić information content (AvgIpc) is 2.42. The van der Waals surface area contributed by atoms with E-state index in [2.05, 4.69) is 0 Å². The molecule has 4 heteroatoms. The maximum absolute atomic E-state index is 11.4. The summed E-state index contributed by atoms with van der Waals surface area (Å²) in [5.74, 6) is -0.0289. The van der Waals surface area contributed by atoms with Crippen LogP contribution in [0.4, 0.5) is 0 Å². The van der Waals surface area contributed by atoms with Gasteiger partial charge in [0.15, 0.2) is 6.10 Å². The molecule has 0 aliphatic heterocycles. The average molecular weight is 266 g/mol. The van der Waals surface area contributed by atoms with E-state index in [1.807, 2.05) is 19.1 Å². The highest BCUT2D eigenvalue weighted by atomic mass is 16.6. The molecule has 1 atom stereocenters. The second-order valence-corrected chi connectivity index (χ2v) is 4.45. The fraction of sp³-hybridized carbons (Fsp3) is 0.533. The molecular weight excluding hydrogens is 244 g/mol. The Hall–Kier alpha value is -1.55. The first-order chi connectivity index (χ1) is 9.13. The van der Waals surface area contributed by atoms with Crippen molar-refractivity contribution < 1.29 is 19.4 Å². The predicted octanol–water partition coefficient (Wildman–Crippen LogP) is 2.68. The van der Waals surface area contributed by atoms with E-state index in [0.717, 1.165) is 24.8 Å². The van der Waals surface area contributed by atoms with Crippen molar-refractivity contribution in [3.05, 3.63) is 29.8 Å². The van der Waals surface area contributed by atoms with Gasteiger partial charge in [-0.1, -0.05) is 19.1 Å². The lowest BCUT2D eigenvalue weighted by Crippen LogP contribution is -2.24. The van der Waals surface area contributed by atoms with Crippen LogP contribution in [-0.4, -0.2) is 30.4 Å². The lowest BCUT2D eigenvalue weighted by Gasteiger charge is -2.12. The minimum Gasteiger partial charge on any atom is -0.508 e. The van der Waals surface area contributed by atoms with Crippen molar-refractivity contribution in [2.24, 2.45) is 0 Å². The Morgan fingerprint density at radius 3 is 2.58 bits per heavy atom. The van der Waals surface area contributed by atoms with Gasteiger partial charge in [-0.2, -0.15) is 0 Å². The molecule has 0 radical (unpaired) electrons. The quantitative estimate of drug-likeness (QED) is 0.580. The Bertz CT molecular complexity index is 372. The zero-order chi connectivity index (χ0) is 14.1. The number of hydrogen-bond acceptors (Lipinski definition) is 4. The number of esters is 1. The highest BCUT2D eigenvalue weighted by molar-refractivity contribution is 5.74. The number of ether oxygens (including phenoxy) is 2. The summed E-state index contributed by atoms with van der Waals surface area (Å²) in [6.45, 7) is 4.62. The molecule has 0 aliphatic carbocycles. The topological polar surface area (TPSA) is 55.8 Å². The molecule has 1 N–H and O–H groups in total. The van der Waals surface area contributed by atoms with Crippen LogP contribution in [-0.2, 0) is 20.7 Å². The maximum atomic E-state index is 11.4. The van der Waals surface area contributed by atoms with E-state index in [1.54, 1.807) is 19.1 Å². The smallest absolute Gasteiger partial charge is 0.334 e. The van der Waals surface area contributed by atoms with Crippen molar-refractivity contribution in [3.8, 4) is 5.75 Å². The third kappa shape index (κ3) is 6.25. The third-order valence-corrected chi connectivity index (χ3v) is 2.69. The zero-order valence-corrected chi connectivity index (χ0v) is 11.6. The number of rotatable bonds is 8. The van der Waals surface area contributed by atoms with Crippen molar-refractivity contribution in [1.29, 1.82) is 0 Å². The fourth-order valence-corrected chi connectivity index (χ4v) is 1.59. The van der Waals surface area contributed by atoms with Gasteiger partial charge in [-0.25, -0.2) is 4.79 Å². The van der Waals surface area contributed by atoms with Crippen LogP contribution < -0.4 is 0 Å². The number of hydrogen-bond donors (Lipinski definition) is 1. The molecule has 4 nitrogen and oxygen atoms in total. The van der Waals surface area contributed by atoms with E-state index >= 15 is 0 Å². The molecule has 0 amide bonds. The Morgan fingerprint density at radius 1 is 1.26 bits per heavy atom. The number of carbonyl (C=O) groups excluding carboxylic acids is 1. The lowest BCUT2D eigenvalue weighted by atomic mass is 10.1. The summed E-state index contributed by atoms with van der Waals surface area (Å²) in [5, 5.41) is 9.16. The van der Waals surface area contributed by atoms with Crippen LogP contribution in [0.1, 0.15) is 32.3 Å². The van der Waals surface area contributed by atoms with Crippen LogP contribution in [0.15, 0.2) is 24.3 Å². The van der Waals surface area contributed by atoms with Crippen molar-refractivity contribution in [2.45, 2.75) is 39.2 Å². The molecule has 0 heterocycles. The van der Waals surface area contributed by atoms with Gasteiger partial charge in [0.1, 0.15) is 5.75 Å². The predicted molar refractivity (Wildman–Crippen MR) is 73.1 cm³/mol. The zero-order valence-electron chi connectivity index (χ0n) is 11.6. The molecule has 0 saturated carbocycles. The first kappa shape index (κ1) is 15.5. The number of carbonyl (C=O) groups is 1. The Morgan fingerprint density at radius 2 is 1.95 bits per heavy atom. The molecule has 106 valence electrons. The fourth-order valence-electron chi connectivity index (χ4n) is 1.59. The SMILES string of the molecule is CCCOC(=O)[C@H](C)OCCCc1ccc(O)cc1. The lowest BCUT2D eigenvalue weighted by molar-refractivity contribution is -0.156. The molecule has 0 aromatic heterocycles. The van der Waals surface area contributed by atoms with Gasteiger partial charge in [0.25, 0.3) is 0 Å². The van der Waals surface area contributed by atoms with Gasteiger partial charge in [-0.15, -0.1) is 0 Å². The van der Waals surface area contributed by atoms with Crippen molar-refractivity contribution in [1.82, 2.24) is 0 Å². The van der Waals surface area contributed by atoms with E-state index in [1.165, 1.54) is 0 Å². The Kier molecular flexibility index (Phi) is 6.97. The van der Waals surface area contributed by atoms with Crippen LogP contribution in [0, 0.1) is 0 Å². The van der Waals surface area contributed by atoms with Crippen LogP contribution in [0.2, 0.25) is 0 Å². The highest BCUT2D eigenvalue weighted by Gasteiger charge is 2.13.